The molecule has 1 aliphatic heterocycles. The van der Waals surface area contributed by atoms with Gasteiger partial charge in [-0.15, -0.1) is 22.7 Å². The van der Waals surface area contributed by atoms with Gasteiger partial charge in [-0.25, -0.2) is 4.79 Å². The van der Waals surface area contributed by atoms with Crippen molar-refractivity contribution < 1.29 is 19.1 Å². The van der Waals surface area contributed by atoms with E-state index in [4.69, 9.17) is 9.47 Å². The van der Waals surface area contributed by atoms with Crippen molar-refractivity contribution in [1.82, 2.24) is 15.5 Å². The molecule has 0 bridgehead atoms. The average molecular weight is 588 g/mol. The Kier molecular flexibility index (Phi) is 11.0. The Morgan fingerprint density at radius 3 is 2.56 bits per heavy atom. The number of amides is 3. The summed E-state index contributed by atoms with van der Waals surface area (Å²) in [4.78, 5) is 30.8. The molecule has 7 nitrogen and oxygen atoms in total. The number of carbonyl (C=O) groups is 2. The molecule has 3 atom stereocenters. The van der Waals surface area contributed by atoms with Crippen LogP contribution in [-0.4, -0.2) is 34.8 Å². The Labute approximate surface area is 243 Å². The van der Waals surface area contributed by atoms with E-state index < -0.39 is 0 Å². The molecule has 2 aromatic heterocycles. The van der Waals surface area contributed by atoms with Crippen LogP contribution in [0.4, 0.5) is 9.59 Å². The molecule has 3 heterocycles. The highest BCUT2D eigenvalue weighted by atomic mass is 32.2. The van der Waals surface area contributed by atoms with E-state index in [1.807, 2.05) is 52.9 Å². The lowest BCUT2D eigenvalue weighted by Gasteiger charge is -2.29. The van der Waals surface area contributed by atoms with Crippen molar-refractivity contribution in [2.45, 2.75) is 71.1 Å². The molecule has 0 saturated heterocycles. The molecule has 1 aromatic carbocycles. The predicted octanol–water partition coefficient (Wildman–Crippen LogP) is 7.96. The number of nitrogens with one attached hydrogen (secondary N) is 2. The second-order valence-corrected chi connectivity index (χ2v) is 12.5. The van der Waals surface area contributed by atoms with Crippen LogP contribution in [0.1, 0.15) is 73.9 Å². The van der Waals surface area contributed by atoms with Crippen molar-refractivity contribution in [3.8, 4) is 11.5 Å². The Bertz CT molecular complexity index is 1190. The number of nitrogens with zero attached hydrogens (tertiary/aromatic N) is 1. The van der Waals surface area contributed by atoms with Crippen LogP contribution in [0, 0.1) is 0 Å². The van der Waals surface area contributed by atoms with Crippen molar-refractivity contribution in [2.24, 2.45) is 0 Å². The number of hydrogen-bond acceptors (Lipinski definition) is 7. The Hall–Kier alpha value is -2.69. The second kappa shape index (κ2) is 14.6. The fraction of sp³-hybridized carbons (Fsp3) is 0.448. The lowest BCUT2D eigenvalue weighted by molar-refractivity contribution is 0.174. The molecule has 1 unspecified atom stereocenters. The van der Waals surface area contributed by atoms with E-state index in [0.29, 0.717) is 18.0 Å². The van der Waals surface area contributed by atoms with Gasteiger partial charge in [-0.3, -0.25) is 4.79 Å². The van der Waals surface area contributed by atoms with Crippen LogP contribution in [-0.2, 0) is 6.54 Å². The molecule has 0 aliphatic carbocycles. The second-order valence-electron chi connectivity index (χ2n) is 9.51. The van der Waals surface area contributed by atoms with Gasteiger partial charge in [-0.2, -0.15) is 0 Å². The molecular weight excluding hydrogens is 551 g/mol. The molecule has 2 N–H and O–H groups in total. The largest absolute Gasteiger partial charge is 0.454 e. The fourth-order valence-electron chi connectivity index (χ4n) is 4.45. The smallest absolute Gasteiger partial charge is 0.315 e. The highest BCUT2D eigenvalue weighted by molar-refractivity contribution is 8.13. The molecule has 0 fully saturated rings. The molecule has 210 valence electrons. The highest BCUT2D eigenvalue weighted by Crippen LogP contribution is 2.35. The summed E-state index contributed by atoms with van der Waals surface area (Å²) in [5, 5.41) is 10.4. The van der Waals surface area contributed by atoms with Gasteiger partial charge in [-0.05, 0) is 60.4 Å². The minimum atomic E-state index is -0.226. The molecule has 10 heteroatoms. The lowest BCUT2D eigenvalue weighted by atomic mass is 10.0. The first-order valence-electron chi connectivity index (χ1n) is 13.4. The molecule has 3 aromatic rings. The standard InChI is InChI=1S/C29H37N3O4S3/c1-4-6-9-22(30-28(33)31-24(5-2)21-12-13-25-26(16-21)36-19-35-25)18-39-29(34)32(17-23-10-7-14-37-23)20(3)27-11-8-15-38-27/h7-8,10-16,20,22,24H,4-6,9,17-19H2,1-3H3,(H2,30,31,33)/t20?,22-,24-/m0/s1. The van der Waals surface area contributed by atoms with Gasteiger partial charge in [0.25, 0.3) is 5.24 Å². The van der Waals surface area contributed by atoms with E-state index in [-0.39, 0.29) is 36.2 Å². The molecule has 1 aliphatic rings. The number of urea groups is 1. The van der Waals surface area contributed by atoms with Gasteiger partial charge < -0.3 is 25.0 Å². The molecule has 0 spiro atoms. The summed E-state index contributed by atoms with van der Waals surface area (Å²) in [6.45, 7) is 7.04. The Balaban J connectivity index is 1.37. The maximum Gasteiger partial charge on any atom is 0.315 e. The third kappa shape index (κ3) is 8.16. The Morgan fingerprint density at radius 2 is 1.85 bits per heavy atom. The normalized spacial score (nSPS) is 14.4. The number of hydrogen-bond donors (Lipinski definition) is 2. The lowest BCUT2D eigenvalue weighted by Crippen LogP contribution is -2.45. The van der Waals surface area contributed by atoms with Gasteiger partial charge in [-0.1, -0.05) is 56.7 Å². The van der Waals surface area contributed by atoms with Crippen LogP contribution in [0.15, 0.2) is 53.2 Å². The highest BCUT2D eigenvalue weighted by Gasteiger charge is 2.25. The average Bonchev–Trinajstić information content (AvgIpc) is 3.74. The molecular formula is C29H37N3O4S3. The van der Waals surface area contributed by atoms with Crippen LogP contribution in [0.5, 0.6) is 11.5 Å². The summed E-state index contributed by atoms with van der Waals surface area (Å²) in [6.07, 6.45) is 3.55. The number of ether oxygens (including phenoxy) is 2. The van der Waals surface area contributed by atoms with Crippen LogP contribution in [0.2, 0.25) is 0 Å². The predicted molar refractivity (Wildman–Crippen MR) is 161 cm³/mol. The molecule has 0 radical (unpaired) electrons. The first-order valence-corrected chi connectivity index (χ1v) is 16.2. The van der Waals surface area contributed by atoms with Crippen LogP contribution >= 0.6 is 34.4 Å². The third-order valence-corrected chi connectivity index (χ3v) is 9.68. The first kappa shape index (κ1) is 29.3. The summed E-state index contributed by atoms with van der Waals surface area (Å²) in [5.74, 6) is 1.94. The number of fused-ring (bicyclic) bond motifs is 1. The van der Waals surface area contributed by atoms with Gasteiger partial charge in [0.05, 0.1) is 18.6 Å². The topological polar surface area (TPSA) is 79.9 Å². The molecule has 39 heavy (non-hydrogen) atoms. The molecule has 3 amide bonds. The van der Waals surface area contributed by atoms with Gasteiger partial charge >= 0.3 is 6.03 Å². The van der Waals surface area contributed by atoms with Crippen molar-refractivity contribution in [2.75, 3.05) is 12.5 Å². The van der Waals surface area contributed by atoms with Crippen molar-refractivity contribution in [3.63, 3.8) is 0 Å². The van der Waals surface area contributed by atoms with Gasteiger partial charge in [0.15, 0.2) is 11.5 Å². The third-order valence-electron chi connectivity index (χ3n) is 6.73. The number of carbonyl (C=O) groups excluding carboxylic acids is 2. The minimum absolute atomic E-state index is 0.0236. The summed E-state index contributed by atoms with van der Waals surface area (Å²) in [6, 6.07) is 13.4. The zero-order chi connectivity index (χ0) is 27.6. The number of rotatable bonds is 13. The van der Waals surface area contributed by atoms with E-state index in [0.717, 1.165) is 46.8 Å². The van der Waals surface area contributed by atoms with E-state index in [1.54, 1.807) is 22.7 Å². The number of benzene rings is 1. The van der Waals surface area contributed by atoms with E-state index in [2.05, 4.69) is 36.6 Å². The Morgan fingerprint density at radius 1 is 1.05 bits per heavy atom. The summed E-state index contributed by atoms with van der Waals surface area (Å²) < 4.78 is 10.9. The molecule has 0 saturated carbocycles. The number of thiophene rings is 2. The van der Waals surface area contributed by atoms with E-state index in [9.17, 15) is 9.59 Å². The van der Waals surface area contributed by atoms with Gasteiger partial charge in [0, 0.05) is 21.5 Å². The quantitative estimate of drug-likeness (QED) is 0.212. The van der Waals surface area contributed by atoms with Crippen molar-refractivity contribution >= 4 is 45.7 Å². The van der Waals surface area contributed by atoms with Crippen molar-refractivity contribution in [3.05, 3.63) is 68.5 Å². The van der Waals surface area contributed by atoms with Crippen LogP contribution in [0.3, 0.4) is 0 Å². The zero-order valence-corrected chi connectivity index (χ0v) is 25.1. The fourth-order valence-corrected chi connectivity index (χ4v) is 6.93. The summed E-state index contributed by atoms with van der Waals surface area (Å²) in [5.41, 5.74) is 0.971. The van der Waals surface area contributed by atoms with E-state index in [1.165, 1.54) is 11.8 Å². The number of unbranched alkanes of at least 4 members (excludes halogenated alkanes) is 1. The monoisotopic (exact) mass is 587 g/mol. The number of thioether (sulfide) groups is 1. The SMILES string of the molecule is CCCC[C@@H](CSC(=O)N(Cc1cccs1)C(C)c1cccs1)NC(=O)N[C@@H](CC)c1ccc2c(c1)OCO2. The first-order chi connectivity index (χ1) is 19.0. The van der Waals surface area contributed by atoms with E-state index >= 15 is 0 Å². The summed E-state index contributed by atoms with van der Waals surface area (Å²) in [7, 11) is 0. The van der Waals surface area contributed by atoms with Crippen LogP contribution < -0.4 is 20.1 Å². The summed E-state index contributed by atoms with van der Waals surface area (Å²) >= 11 is 4.62. The zero-order valence-electron chi connectivity index (χ0n) is 22.7. The maximum atomic E-state index is 13.5. The minimum Gasteiger partial charge on any atom is -0.454 e. The van der Waals surface area contributed by atoms with Gasteiger partial charge in [0.1, 0.15) is 0 Å². The van der Waals surface area contributed by atoms with Gasteiger partial charge in [0.2, 0.25) is 6.79 Å². The maximum absolute atomic E-state index is 13.5. The van der Waals surface area contributed by atoms with Crippen molar-refractivity contribution in [1.29, 1.82) is 0 Å². The van der Waals surface area contributed by atoms with Crippen LogP contribution in [0.25, 0.3) is 0 Å². The molecule has 4 rings (SSSR count).